The summed E-state index contributed by atoms with van der Waals surface area (Å²) < 4.78 is 2.52. The predicted molar refractivity (Wildman–Crippen MR) is 109 cm³/mol. The van der Waals surface area contributed by atoms with Gasteiger partial charge in [0, 0.05) is 50.1 Å². The third-order valence-corrected chi connectivity index (χ3v) is 6.39. The van der Waals surface area contributed by atoms with E-state index in [1.165, 1.54) is 37.9 Å². The van der Waals surface area contributed by atoms with E-state index in [1.54, 1.807) is 0 Å². The van der Waals surface area contributed by atoms with E-state index in [1.807, 2.05) is 26.5 Å². The Morgan fingerprint density at radius 2 is 2.17 bits per heavy atom. The average Bonchev–Trinajstić information content (AvgIpc) is 2.94. The normalized spacial score (nSPS) is 21.1. The minimum atomic E-state index is 0. The highest BCUT2D eigenvalue weighted by Crippen LogP contribution is 2.42. The predicted octanol–water partition coefficient (Wildman–Crippen LogP) is 2.87. The molecule has 1 aliphatic carbocycles. The zero-order chi connectivity index (χ0) is 15.4. The van der Waals surface area contributed by atoms with Crippen molar-refractivity contribution in [1.82, 2.24) is 19.8 Å². The second kappa shape index (κ2) is 8.60. The smallest absolute Gasteiger partial charge is 0.194 e. The molecule has 7 heteroatoms. The molecule has 1 aromatic heterocycles. The van der Waals surface area contributed by atoms with Crippen LogP contribution >= 0.6 is 35.7 Å². The van der Waals surface area contributed by atoms with E-state index in [0.717, 1.165) is 31.4 Å². The summed E-state index contributed by atoms with van der Waals surface area (Å²) in [7, 11) is 3.91. The maximum atomic E-state index is 4.50. The van der Waals surface area contributed by atoms with Gasteiger partial charge < -0.3 is 14.8 Å². The molecule has 2 aliphatic rings. The largest absolute Gasteiger partial charge is 0.349 e. The van der Waals surface area contributed by atoms with Crippen molar-refractivity contribution in [1.29, 1.82) is 0 Å². The molecule has 5 nitrogen and oxygen atoms in total. The van der Waals surface area contributed by atoms with Gasteiger partial charge in [0.2, 0.25) is 0 Å². The second-order valence-electron chi connectivity index (χ2n) is 6.37. The third-order valence-electron chi connectivity index (χ3n) is 4.85. The number of thioether (sulfide) groups is 1. The number of hydrogen-bond donors (Lipinski definition) is 1. The Bertz CT molecular complexity index is 519. The maximum Gasteiger partial charge on any atom is 0.194 e. The van der Waals surface area contributed by atoms with Gasteiger partial charge in [0.15, 0.2) is 5.96 Å². The molecule has 0 atom stereocenters. The summed E-state index contributed by atoms with van der Waals surface area (Å²) in [5.41, 5.74) is 0. The highest BCUT2D eigenvalue weighted by Gasteiger charge is 2.38. The second-order valence-corrected chi connectivity index (χ2v) is 7.93. The van der Waals surface area contributed by atoms with Crippen LogP contribution in [-0.4, -0.2) is 51.0 Å². The maximum absolute atomic E-state index is 4.50. The van der Waals surface area contributed by atoms with E-state index in [0.29, 0.717) is 4.75 Å². The van der Waals surface area contributed by atoms with Crippen molar-refractivity contribution in [3.05, 3.63) is 18.2 Å². The fourth-order valence-corrected chi connectivity index (χ4v) is 5.15. The number of nitrogens with one attached hydrogen (secondary N) is 1. The van der Waals surface area contributed by atoms with Gasteiger partial charge in [-0.15, -0.1) is 24.0 Å². The van der Waals surface area contributed by atoms with Gasteiger partial charge in [-0.05, 0) is 12.8 Å². The zero-order valence-corrected chi connectivity index (χ0v) is 17.3. The molecule has 23 heavy (non-hydrogen) atoms. The van der Waals surface area contributed by atoms with Crippen LogP contribution in [0.3, 0.4) is 0 Å². The lowest BCUT2D eigenvalue weighted by Crippen LogP contribution is -2.53. The quantitative estimate of drug-likeness (QED) is 0.429. The van der Waals surface area contributed by atoms with E-state index < -0.39 is 0 Å². The van der Waals surface area contributed by atoms with Gasteiger partial charge in [0.05, 0.1) is 6.54 Å². The molecule has 2 fully saturated rings. The van der Waals surface area contributed by atoms with Gasteiger partial charge in [0.1, 0.15) is 5.82 Å². The van der Waals surface area contributed by atoms with E-state index in [-0.39, 0.29) is 24.0 Å². The Labute approximate surface area is 160 Å². The zero-order valence-electron chi connectivity index (χ0n) is 14.1. The number of aliphatic imine (C=N–C) groups is 1. The SMILES string of the molecule is CN=C(NCc1nccn1C)N1CCSC2(CCCCC2)C1.I. The molecule has 1 saturated heterocycles. The lowest BCUT2D eigenvalue weighted by atomic mass is 9.87. The Hall–Kier alpha value is -0.440. The average molecular weight is 449 g/mol. The summed E-state index contributed by atoms with van der Waals surface area (Å²) in [6.07, 6.45) is 10.7. The molecule has 130 valence electrons. The van der Waals surface area contributed by atoms with Crippen LogP contribution in [0.4, 0.5) is 0 Å². The van der Waals surface area contributed by atoms with Crippen LogP contribution < -0.4 is 5.32 Å². The van der Waals surface area contributed by atoms with Gasteiger partial charge in [-0.3, -0.25) is 4.99 Å². The molecule has 0 unspecified atom stereocenters. The number of nitrogens with zero attached hydrogens (tertiary/aromatic N) is 4. The molecular formula is C16H28IN5S. The molecule has 2 heterocycles. The molecule has 0 aromatic carbocycles. The van der Waals surface area contributed by atoms with E-state index >= 15 is 0 Å². The molecule has 3 rings (SSSR count). The highest BCUT2D eigenvalue weighted by atomic mass is 127. The highest BCUT2D eigenvalue weighted by molar-refractivity contribution is 14.0. The Balaban J connectivity index is 0.00000192. The standard InChI is InChI=1S/C16H27N5S.HI/c1-17-15(19-12-14-18-8-9-20(14)2)21-10-11-22-16(13-21)6-4-3-5-7-16;/h8-9H,3-7,10-13H2,1-2H3,(H,17,19);1H. The van der Waals surface area contributed by atoms with Gasteiger partial charge in [0.25, 0.3) is 0 Å². The first-order valence-electron chi connectivity index (χ1n) is 8.28. The first-order chi connectivity index (χ1) is 10.7. The van der Waals surface area contributed by atoms with Crippen molar-refractivity contribution in [3.8, 4) is 0 Å². The van der Waals surface area contributed by atoms with E-state index in [2.05, 4.69) is 36.5 Å². The topological polar surface area (TPSA) is 45.5 Å². The molecule has 1 spiro atoms. The van der Waals surface area contributed by atoms with Gasteiger partial charge in [-0.2, -0.15) is 11.8 Å². The fraction of sp³-hybridized carbons (Fsp3) is 0.750. The van der Waals surface area contributed by atoms with Crippen molar-refractivity contribution < 1.29 is 0 Å². The van der Waals surface area contributed by atoms with E-state index in [9.17, 15) is 0 Å². The number of hydrogen-bond acceptors (Lipinski definition) is 3. The lowest BCUT2D eigenvalue weighted by Gasteiger charge is -2.45. The van der Waals surface area contributed by atoms with Gasteiger partial charge in [-0.25, -0.2) is 4.98 Å². The van der Waals surface area contributed by atoms with Crippen LogP contribution in [0.5, 0.6) is 0 Å². The van der Waals surface area contributed by atoms with Gasteiger partial charge >= 0.3 is 0 Å². The summed E-state index contributed by atoms with van der Waals surface area (Å²) in [6, 6.07) is 0. The molecule has 0 radical (unpaired) electrons. The van der Waals surface area contributed by atoms with Crippen LogP contribution in [0.15, 0.2) is 17.4 Å². The van der Waals surface area contributed by atoms with Gasteiger partial charge in [-0.1, -0.05) is 19.3 Å². The lowest BCUT2D eigenvalue weighted by molar-refractivity contribution is 0.293. The van der Waals surface area contributed by atoms with Crippen LogP contribution in [0, 0.1) is 0 Å². The van der Waals surface area contributed by atoms with Crippen LogP contribution in [-0.2, 0) is 13.6 Å². The van der Waals surface area contributed by atoms with E-state index in [4.69, 9.17) is 0 Å². The molecule has 1 saturated carbocycles. The van der Waals surface area contributed by atoms with Crippen molar-refractivity contribution in [3.63, 3.8) is 0 Å². The Kier molecular flexibility index (Phi) is 7.06. The number of imidazole rings is 1. The first-order valence-corrected chi connectivity index (χ1v) is 9.27. The van der Waals surface area contributed by atoms with Crippen molar-refractivity contribution in [2.75, 3.05) is 25.9 Å². The number of aryl methyl sites for hydroxylation is 1. The fourth-order valence-electron chi connectivity index (χ4n) is 3.58. The summed E-state index contributed by atoms with van der Waals surface area (Å²) in [5.74, 6) is 3.27. The van der Waals surface area contributed by atoms with Crippen molar-refractivity contribution in [2.24, 2.45) is 12.0 Å². The molecule has 1 aromatic rings. The number of aromatic nitrogens is 2. The summed E-state index contributed by atoms with van der Waals surface area (Å²) in [4.78, 5) is 11.3. The van der Waals surface area contributed by atoms with Crippen molar-refractivity contribution in [2.45, 2.75) is 43.4 Å². The monoisotopic (exact) mass is 449 g/mol. The number of guanidine groups is 1. The van der Waals surface area contributed by atoms with Crippen molar-refractivity contribution >= 4 is 41.7 Å². The molecule has 1 N–H and O–H groups in total. The molecule has 1 aliphatic heterocycles. The molecular weight excluding hydrogens is 421 g/mol. The summed E-state index contributed by atoms with van der Waals surface area (Å²) >= 11 is 2.20. The Morgan fingerprint density at radius 1 is 1.39 bits per heavy atom. The molecule has 0 amide bonds. The number of halogens is 1. The summed E-state index contributed by atoms with van der Waals surface area (Å²) in [5, 5.41) is 3.49. The Morgan fingerprint density at radius 3 is 2.83 bits per heavy atom. The third kappa shape index (κ3) is 4.55. The minimum absolute atomic E-state index is 0. The molecule has 0 bridgehead atoms. The number of rotatable bonds is 2. The first kappa shape index (κ1) is 18.9. The van der Waals surface area contributed by atoms with Crippen LogP contribution in [0.2, 0.25) is 0 Å². The van der Waals surface area contributed by atoms with Crippen LogP contribution in [0.1, 0.15) is 37.9 Å². The minimum Gasteiger partial charge on any atom is -0.349 e. The van der Waals surface area contributed by atoms with Crippen LogP contribution in [0.25, 0.3) is 0 Å². The summed E-state index contributed by atoms with van der Waals surface area (Å²) in [6.45, 7) is 2.96.